The summed E-state index contributed by atoms with van der Waals surface area (Å²) in [6.45, 7) is 12.7. The summed E-state index contributed by atoms with van der Waals surface area (Å²) in [5.41, 5.74) is 1.25. The molecule has 118 valence electrons. The summed E-state index contributed by atoms with van der Waals surface area (Å²) in [5, 5.41) is 3.39. The van der Waals surface area contributed by atoms with Crippen molar-refractivity contribution in [1.29, 1.82) is 0 Å². The smallest absolute Gasteiger partial charge is 0.310 e. The van der Waals surface area contributed by atoms with E-state index in [2.05, 4.69) is 33.0 Å². The fraction of sp³-hybridized carbons (Fsp3) is 0.611. The lowest BCUT2D eigenvalue weighted by Gasteiger charge is -2.30. The number of hydrogen-bond acceptors (Lipinski definition) is 3. The second kappa shape index (κ2) is 8.18. The Hall–Kier alpha value is -1.35. The molecule has 0 spiro atoms. The standard InChI is InChI=1S/C18H29NO2/c1-14(2)18(4,5)13-19-11-15(3)17(20)21-12-16-9-7-6-8-10-16/h6-10,14-15,19H,11-13H2,1-5H3. The Morgan fingerprint density at radius 2 is 1.81 bits per heavy atom. The first-order valence-electron chi connectivity index (χ1n) is 7.74. The summed E-state index contributed by atoms with van der Waals surface area (Å²) in [4.78, 5) is 11.9. The van der Waals surface area contributed by atoms with E-state index in [0.29, 0.717) is 19.1 Å². The van der Waals surface area contributed by atoms with E-state index in [1.165, 1.54) is 0 Å². The van der Waals surface area contributed by atoms with Crippen molar-refractivity contribution in [2.24, 2.45) is 17.3 Å². The van der Waals surface area contributed by atoms with E-state index in [9.17, 15) is 4.79 Å². The number of rotatable bonds is 8. The molecule has 1 aromatic rings. The molecule has 1 unspecified atom stereocenters. The van der Waals surface area contributed by atoms with Crippen LogP contribution in [0.1, 0.15) is 40.2 Å². The lowest BCUT2D eigenvalue weighted by molar-refractivity contribution is -0.149. The van der Waals surface area contributed by atoms with E-state index in [1.54, 1.807) is 0 Å². The van der Waals surface area contributed by atoms with E-state index in [1.807, 2.05) is 37.3 Å². The van der Waals surface area contributed by atoms with Gasteiger partial charge in [0.1, 0.15) is 6.61 Å². The van der Waals surface area contributed by atoms with Crippen molar-refractivity contribution in [2.45, 2.75) is 41.2 Å². The second-order valence-corrected chi connectivity index (χ2v) is 6.77. The summed E-state index contributed by atoms with van der Waals surface area (Å²) in [6, 6.07) is 9.77. The Morgan fingerprint density at radius 1 is 1.19 bits per heavy atom. The molecule has 0 aliphatic carbocycles. The first-order chi connectivity index (χ1) is 9.83. The minimum Gasteiger partial charge on any atom is -0.461 e. The molecule has 0 aliphatic rings. The van der Waals surface area contributed by atoms with E-state index >= 15 is 0 Å². The Morgan fingerprint density at radius 3 is 2.38 bits per heavy atom. The quantitative estimate of drug-likeness (QED) is 0.743. The summed E-state index contributed by atoms with van der Waals surface area (Å²) in [7, 11) is 0. The molecule has 1 aromatic carbocycles. The molecule has 0 saturated heterocycles. The van der Waals surface area contributed by atoms with Crippen LogP contribution in [0.15, 0.2) is 30.3 Å². The molecule has 1 N–H and O–H groups in total. The average molecular weight is 291 g/mol. The molecule has 0 heterocycles. The van der Waals surface area contributed by atoms with Crippen molar-refractivity contribution in [1.82, 2.24) is 5.32 Å². The molecule has 3 heteroatoms. The second-order valence-electron chi connectivity index (χ2n) is 6.77. The monoisotopic (exact) mass is 291 g/mol. The molecule has 0 radical (unpaired) electrons. The fourth-order valence-corrected chi connectivity index (χ4v) is 1.77. The van der Waals surface area contributed by atoms with Gasteiger partial charge < -0.3 is 10.1 Å². The molecule has 0 fully saturated rings. The highest BCUT2D eigenvalue weighted by Gasteiger charge is 2.22. The number of benzene rings is 1. The zero-order chi connectivity index (χ0) is 15.9. The lowest BCUT2D eigenvalue weighted by atomic mass is 9.81. The van der Waals surface area contributed by atoms with Gasteiger partial charge in [0.05, 0.1) is 5.92 Å². The molecule has 0 saturated carbocycles. The van der Waals surface area contributed by atoms with Crippen LogP contribution < -0.4 is 5.32 Å². The van der Waals surface area contributed by atoms with Gasteiger partial charge in [-0.25, -0.2) is 0 Å². The zero-order valence-electron chi connectivity index (χ0n) is 14.0. The number of nitrogens with one attached hydrogen (secondary N) is 1. The summed E-state index contributed by atoms with van der Waals surface area (Å²) >= 11 is 0. The molecule has 0 aromatic heterocycles. The summed E-state index contributed by atoms with van der Waals surface area (Å²) in [6.07, 6.45) is 0. The predicted molar refractivity (Wildman–Crippen MR) is 86.9 cm³/mol. The van der Waals surface area contributed by atoms with Crippen molar-refractivity contribution < 1.29 is 9.53 Å². The highest BCUT2D eigenvalue weighted by atomic mass is 16.5. The molecule has 0 bridgehead atoms. The number of carbonyl (C=O) groups excluding carboxylic acids is 1. The molecule has 1 atom stereocenters. The van der Waals surface area contributed by atoms with Gasteiger partial charge in [-0.2, -0.15) is 0 Å². The van der Waals surface area contributed by atoms with Crippen molar-refractivity contribution in [3.63, 3.8) is 0 Å². The summed E-state index contributed by atoms with van der Waals surface area (Å²) < 4.78 is 5.34. The Kier molecular flexibility index (Phi) is 6.90. The van der Waals surface area contributed by atoms with Gasteiger partial charge in [0.25, 0.3) is 0 Å². The molecule has 1 rings (SSSR count). The molecular weight excluding hydrogens is 262 g/mol. The van der Waals surface area contributed by atoms with Crippen LogP contribution >= 0.6 is 0 Å². The minimum atomic E-state index is -0.145. The lowest BCUT2D eigenvalue weighted by Crippen LogP contribution is -2.37. The van der Waals surface area contributed by atoms with Crippen LogP contribution in [0.25, 0.3) is 0 Å². The van der Waals surface area contributed by atoms with Crippen molar-refractivity contribution >= 4 is 5.97 Å². The molecular formula is C18H29NO2. The maximum atomic E-state index is 11.9. The molecule has 0 aliphatic heterocycles. The van der Waals surface area contributed by atoms with Gasteiger partial charge in [0, 0.05) is 13.1 Å². The van der Waals surface area contributed by atoms with Crippen LogP contribution in [0.5, 0.6) is 0 Å². The number of ether oxygens (including phenoxy) is 1. The highest BCUT2D eigenvalue weighted by Crippen LogP contribution is 2.24. The van der Waals surface area contributed by atoms with E-state index < -0.39 is 0 Å². The predicted octanol–water partition coefficient (Wildman–Crippen LogP) is 3.64. The van der Waals surface area contributed by atoms with Crippen LogP contribution in [0.3, 0.4) is 0 Å². The maximum absolute atomic E-state index is 11.9. The SMILES string of the molecule is CC(CNCC(C)(C)C(C)C)C(=O)OCc1ccccc1. The maximum Gasteiger partial charge on any atom is 0.310 e. The van der Waals surface area contributed by atoms with E-state index in [-0.39, 0.29) is 17.3 Å². The van der Waals surface area contributed by atoms with Gasteiger partial charge in [-0.15, -0.1) is 0 Å². The first-order valence-corrected chi connectivity index (χ1v) is 7.74. The van der Waals surface area contributed by atoms with Crippen LogP contribution in [0, 0.1) is 17.3 Å². The molecule has 0 amide bonds. The van der Waals surface area contributed by atoms with Crippen molar-refractivity contribution in [2.75, 3.05) is 13.1 Å². The zero-order valence-corrected chi connectivity index (χ0v) is 14.0. The van der Waals surface area contributed by atoms with Crippen LogP contribution in [0.4, 0.5) is 0 Å². The van der Waals surface area contributed by atoms with Crippen molar-refractivity contribution in [3.8, 4) is 0 Å². The topological polar surface area (TPSA) is 38.3 Å². The van der Waals surface area contributed by atoms with Gasteiger partial charge in [-0.05, 0) is 16.9 Å². The Balaban J connectivity index is 2.28. The number of esters is 1. The van der Waals surface area contributed by atoms with Crippen LogP contribution in [-0.4, -0.2) is 19.1 Å². The molecule has 21 heavy (non-hydrogen) atoms. The third-order valence-corrected chi connectivity index (χ3v) is 4.22. The van der Waals surface area contributed by atoms with Crippen molar-refractivity contribution in [3.05, 3.63) is 35.9 Å². The third-order valence-electron chi connectivity index (χ3n) is 4.22. The number of hydrogen-bond donors (Lipinski definition) is 1. The van der Waals surface area contributed by atoms with Gasteiger partial charge in [0.2, 0.25) is 0 Å². The van der Waals surface area contributed by atoms with Gasteiger partial charge in [-0.1, -0.05) is 65.0 Å². The van der Waals surface area contributed by atoms with E-state index in [4.69, 9.17) is 4.74 Å². The largest absolute Gasteiger partial charge is 0.461 e. The average Bonchev–Trinajstić information content (AvgIpc) is 2.45. The van der Waals surface area contributed by atoms with Gasteiger partial charge in [-0.3, -0.25) is 4.79 Å². The Bertz CT molecular complexity index is 426. The minimum absolute atomic E-state index is 0.128. The normalized spacial score (nSPS) is 13.2. The van der Waals surface area contributed by atoms with Crippen LogP contribution in [-0.2, 0) is 16.1 Å². The fourth-order valence-electron chi connectivity index (χ4n) is 1.77. The third kappa shape index (κ3) is 6.30. The molecule has 3 nitrogen and oxygen atoms in total. The summed E-state index contributed by atoms with van der Waals surface area (Å²) in [5.74, 6) is 0.329. The van der Waals surface area contributed by atoms with Gasteiger partial charge in [0.15, 0.2) is 0 Å². The van der Waals surface area contributed by atoms with Crippen LogP contribution in [0.2, 0.25) is 0 Å². The van der Waals surface area contributed by atoms with Gasteiger partial charge >= 0.3 is 5.97 Å². The Labute approximate surface area is 129 Å². The number of carbonyl (C=O) groups is 1. The van der Waals surface area contributed by atoms with E-state index in [0.717, 1.165) is 12.1 Å². The first kappa shape index (κ1) is 17.7. The highest BCUT2D eigenvalue weighted by molar-refractivity contribution is 5.72.